The minimum Gasteiger partial charge on any atom is -0.287 e. The molecule has 0 amide bonds. The largest absolute Gasteiger partial charge is 0.287 e. The fourth-order valence-corrected chi connectivity index (χ4v) is 2.52. The zero-order chi connectivity index (χ0) is 13.3. The van der Waals surface area contributed by atoms with Crippen LogP contribution in [0.3, 0.4) is 0 Å². The molecule has 1 heterocycles. The second kappa shape index (κ2) is 5.06. The first-order chi connectivity index (χ1) is 8.50. The lowest BCUT2D eigenvalue weighted by atomic mass is 10.1. The van der Waals surface area contributed by atoms with Crippen molar-refractivity contribution < 1.29 is 4.79 Å². The number of aromatic nitrogens is 2. The first-order valence-corrected chi connectivity index (χ1v) is 6.64. The molecule has 0 atom stereocenters. The van der Waals surface area contributed by atoms with Crippen LogP contribution in [0.2, 0.25) is 0 Å². The number of ketones is 1. The van der Waals surface area contributed by atoms with Gasteiger partial charge in [-0.2, -0.15) is 5.10 Å². The van der Waals surface area contributed by atoms with Gasteiger partial charge in [0.25, 0.3) is 0 Å². The summed E-state index contributed by atoms with van der Waals surface area (Å²) in [4.78, 5) is 12.5. The lowest BCUT2D eigenvalue weighted by molar-refractivity contribution is 0.102. The summed E-state index contributed by atoms with van der Waals surface area (Å²) in [6.45, 7) is 6.01. The summed E-state index contributed by atoms with van der Waals surface area (Å²) in [5.74, 6) is -0.00641. The average molecular weight is 307 g/mol. The first kappa shape index (κ1) is 13.0. The zero-order valence-electron chi connectivity index (χ0n) is 10.6. The minimum absolute atomic E-state index is 0.00641. The van der Waals surface area contributed by atoms with Crippen LogP contribution in [-0.4, -0.2) is 15.6 Å². The lowest BCUT2D eigenvalue weighted by Crippen LogP contribution is -2.13. The maximum Gasteiger partial charge on any atom is 0.212 e. The van der Waals surface area contributed by atoms with Gasteiger partial charge in [-0.05, 0) is 44.5 Å². The predicted octanol–water partition coefficient (Wildman–Crippen LogP) is 3.77. The zero-order valence-corrected chi connectivity index (χ0v) is 12.2. The standard InChI is InChI=1S/C14H15BrN2O/c1-9(2)17-13(6-7-16-17)14(18)11-5-4-10(3)8-12(11)15/h4-9H,1-3H3. The Morgan fingerprint density at radius 3 is 2.67 bits per heavy atom. The maximum atomic E-state index is 12.5. The molecule has 0 aliphatic rings. The van der Waals surface area contributed by atoms with Crippen molar-refractivity contribution in [2.24, 2.45) is 0 Å². The molecule has 0 N–H and O–H groups in total. The molecule has 0 unspecified atom stereocenters. The fraction of sp³-hybridized carbons (Fsp3) is 0.286. The Balaban J connectivity index is 2.45. The third-order valence-corrected chi connectivity index (χ3v) is 3.42. The molecule has 0 aliphatic heterocycles. The van der Waals surface area contributed by atoms with Crippen LogP contribution in [-0.2, 0) is 0 Å². The van der Waals surface area contributed by atoms with E-state index < -0.39 is 0 Å². The van der Waals surface area contributed by atoms with Gasteiger partial charge >= 0.3 is 0 Å². The predicted molar refractivity (Wildman–Crippen MR) is 74.9 cm³/mol. The van der Waals surface area contributed by atoms with E-state index in [1.54, 1.807) is 16.9 Å². The Morgan fingerprint density at radius 1 is 1.33 bits per heavy atom. The summed E-state index contributed by atoms with van der Waals surface area (Å²) in [7, 11) is 0. The van der Waals surface area contributed by atoms with Gasteiger partial charge in [-0.1, -0.05) is 22.0 Å². The van der Waals surface area contributed by atoms with Crippen LogP contribution in [0.1, 0.15) is 41.5 Å². The van der Waals surface area contributed by atoms with Crippen LogP contribution >= 0.6 is 15.9 Å². The van der Waals surface area contributed by atoms with E-state index in [1.165, 1.54) is 0 Å². The average Bonchev–Trinajstić information content (AvgIpc) is 2.77. The summed E-state index contributed by atoms with van der Waals surface area (Å²) in [6, 6.07) is 7.66. The molecule has 1 aromatic heterocycles. The molecule has 94 valence electrons. The van der Waals surface area contributed by atoms with Crippen molar-refractivity contribution >= 4 is 21.7 Å². The van der Waals surface area contributed by atoms with Gasteiger partial charge in [0.2, 0.25) is 5.78 Å². The highest BCUT2D eigenvalue weighted by Gasteiger charge is 2.18. The number of hydrogen-bond acceptors (Lipinski definition) is 2. The Hall–Kier alpha value is -1.42. The monoisotopic (exact) mass is 306 g/mol. The molecule has 0 saturated carbocycles. The molecule has 0 bridgehead atoms. The van der Waals surface area contributed by atoms with E-state index in [0.29, 0.717) is 11.3 Å². The molecule has 2 rings (SSSR count). The normalized spacial score (nSPS) is 10.9. The van der Waals surface area contributed by atoms with Crippen molar-refractivity contribution in [3.63, 3.8) is 0 Å². The molecule has 0 aliphatic carbocycles. The quantitative estimate of drug-likeness (QED) is 0.809. The van der Waals surface area contributed by atoms with Crippen molar-refractivity contribution in [3.8, 4) is 0 Å². The van der Waals surface area contributed by atoms with Crippen LogP contribution in [0, 0.1) is 6.92 Å². The van der Waals surface area contributed by atoms with Crippen molar-refractivity contribution in [2.75, 3.05) is 0 Å². The number of hydrogen-bond donors (Lipinski definition) is 0. The minimum atomic E-state index is -0.00641. The first-order valence-electron chi connectivity index (χ1n) is 5.85. The number of carbonyl (C=O) groups excluding carboxylic acids is 1. The third-order valence-electron chi connectivity index (χ3n) is 2.76. The smallest absolute Gasteiger partial charge is 0.212 e. The van der Waals surface area contributed by atoms with E-state index >= 15 is 0 Å². The van der Waals surface area contributed by atoms with Crippen molar-refractivity contribution in [2.45, 2.75) is 26.8 Å². The highest BCUT2D eigenvalue weighted by atomic mass is 79.9. The van der Waals surface area contributed by atoms with Crippen LogP contribution in [0.5, 0.6) is 0 Å². The van der Waals surface area contributed by atoms with Crippen LogP contribution in [0.15, 0.2) is 34.9 Å². The summed E-state index contributed by atoms with van der Waals surface area (Å²) in [5.41, 5.74) is 2.41. The topological polar surface area (TPSA) is 34.9 Å². The molecule has 0 spiro atoms. The SMILES string of the molecule is Cc1ccc(C(=O)c2ccnn2C(C)C)c(Br)c1. The molecular formula is C14H15BrN2O. The van der Waals surface area contributed by atoms with Crippen molar-refractivity contribution in [3.05, 3.63) is 51.8 Å². The molecule has 2 aromatic rings. The highest BCUT2D eigenvalue weighted by molar-refractivity contribution is 9.10. The van der Waals surface area contributed by atoms with E-state index in [4.69, 9.17) is 0 Å². The van der Waals surface area contributed by atoms with Crippen molar-refractivity contribution in [1.29, 1.82) is 0 Å². The van der Waals surface area contributed by atoms with Gasteiger partial charge in [0.15, 0.2) is 0 Å². The number of aryl methyl sites for hydroxylation is 1. The summed E-state index contributed by atoms with van der Waals surface area (Å²) < 4.78 is 2.57. The van der Waals surface area contributed by atoms with E-state index in [0.717, 1.165) is 10.0 Å². The number of carbonyl (C=O) groups is 1. The molecule has 4 heteroatoms. The Bertz CT molecular complexity index is 587. The molecule has 3 nitrogen and oxygen atoms in total. The fourth-order valence-electron chi connectivity index (χ4n) is 1.85. The number of rotatable bonds is 3. The van der Waals surface area contributed by atoms with E-state index in [1.807, 2.05) is 39.0 Å². The van der Waals surface area contributed by atoms with Gasteiger partial charge in [-0.3, -0.25) is 9.48 Å². The van der Waals surface area contributed by atoms with Gasteiger partial charge in [0.05, 0.1) is 0 Å². The number of benzene rings is 1. The number of halogens is 1. The van der Waals surface area contributed by atoms with Gasteiger partial charge < -0.3 is 0 Å². The van der Waals surface area contributed by atoms with Crippen LogP contribution in [0.4, 0.5) is 0 Å². The van der Waals surface area contributed by atoms with E-state index in [9.17, 15) is 4.79 Å². The third kappa shape index (κ3) is 2.38. The molecular weight excluding hydrogens is 292 g/mol. The Morgan fingerprint density at radius 2 is 2.06 bits per heavy atom. The second-order valence-corrected chi connectivity index (χ2v) is 5.42. The van der Waals surface area contributed by atoms with Crippen molar-refractivity contribution in [1.82, 2.24) is 9.78 Å². The van der Waals surface area contributed by atoms with Gasteiger partial charge in [0, 0.05) is 22.3 Å². The summed E-state index contributed by atoms with van der Waals surface area (Å²) in [5, 5.41) is 4.19. The van der Waals surface area contributed by atoms with Crippen LogP contribution < -0.4 is 0 Å². The highest BCUT2D eigenvalue weighted by Crippen LogP contribution is 2.22. The Kier molecular flexibility index (Phi) is 3.66. The van der Waals surface area contributed by atoms with Crippen LogP contribution in [0.25, 0.3) is 0 Å². The summed E-state index contributed by atoms with van der Waals surface area (Å²) >= 11 is 3.44. The second-order valence-electron chi connectivity index (χ2n) is 4.57. The van der Waals surface area contributed by atoms with Gasteiger partial charge in [-0.25, -0.2) is 0 Å². The molecule has 0 saturated heterocycles. The Labute approximate surface area is 115 Å². The molecule has 18 heavy (non-hydrogen) atoms. The van der Waals surface area contributed by atoms with E-state index in [-0.39, 0.29) is 11.8 Å². The molecule has 0 fully saturated rings. The molecule has 0 radical (unpaired) electrons. The number of nitrogens with zero attached hydrogens (tertiary/aromatic N) is 2. The summed E-state index contributed by atoms with van der Waals surface area (Å²) in [6.07, 6.45) is 1.66. The van der Waals surface area contributed by atoms with Gasteiger partial charge in [0.1, 0.15) is 5.69 Å². The van der Waals surface area contributed by atoms with E-state index in [2.05, 4.69) is 21.0 Å². The molecule has 1 aromatic carbocycles. The van der Waals surface area contributed by atoms with Gasteiger partial charge in [-0.15, -0.1) is 0 Å². The maximum absolute atomic E-state index is 12.5. The lowest BCUT2D eigenvalue weighted by Gasteiger charge is -2.11.